The lowest BCUT2D eigenvalue weighted by Gasteiger charge is -2.16. The van der Waals surface area contributed by atoms with Crippen molar-refractivity contribution in [3.8, 4) is 5.75 Å². The molecule has 0 heterocycles. The minimum Gasteiger partial charge on any atom is -0.497 e. The zero-order chi connectivity index (χ0) is 16.9. The average molecular weight is 339 g/mol. The van der Waals surface area contributed by atoms with Crippen molar-refractivity contribution in [1.29, 1.82) is 0 Å². The highest BCUT2D eigenvalue weighted by molar-refractivity contribution is 6.30. The Kier molecular flexibility index (Phi) is 5.17. The SMILES string of the molecule is COc1ccc(/C=C2\CCC/C(=C\c3ccc(Cl)cc3)C2=O)cc1. The minimum absolute atomic E-state index is 0.145. The summed E-state index contributed by atoms with van der Waals surface area (Å²) in [4.78, 5) is 12.7. The van der Waals surface area contributed by atoms with Crippen LogP contribution in [0.1, 0.15) is 30.4 Å². The van der Waals surface area contributed by atoms with Crippen molar-refractivity contribution >= 4 is 29.5 Å². The molecule has 0 N–H and O–H groups in total. The van der Waals surface area contributed by atoms with Gasteiger partial charge in [0.1, 0.15) is 5.75 Å². The van der Waals surface area contributed by atoms with Crippen LogP contribution in [0.2, 0.25) is 5.02 Å². The van der Waals surface area contributed by atoms with Gasteiger partial charge in [-0.05, 0) is 66.8 Å². The Labute approximate surface area is 147 Å². The van der Waals surface area contributed by atoms with E-state index in [4.69, 9.17) is 16.3 Å². The molecule has 0 spiro atoms. The van der Waals surface area contributed by atoms with E-state index in [1.54, 1.807) is 7.11 Å². The molecule has 2 aromatic rings. The Morgan fingerprint density at radius 1 is 0.875 bits per heavy atom. The van der Waals surface area contributed by atoms with Crippen molar-refractivity contribution in [1.82, 2.24) is 0 Å². The topological polar surface area (TPSA) is 26.3 Å². The van der Waals surface area contributed by atoms with Gasteiger partial charge in [-0.2, -0.15) is 0 Å². The quantitative estimate of drug-likeness (QED) is 0.684. The summed E-state index contributed by atoms with van der Waals surface area (Å²) in [5, 5.41) is 0.701. The molecule has 24 heavy (non-hydrogen) atoms. The molecule has 0 radical (unpaired) electrons. The van der Waals surface area contributed by atoms with Crippen molar-refractivity contribution in [2.45, 2.75) is 19.3 Å². The second kappa shape index (κ2) is 7.50. The lowest BCUT2D eigenvalue weighted by molar-refractivity contribution is -0.112. The number of ether oxygens (including phenoxy) is 1. The van der Waals surface area contributed by atoms with Crippen LogP contribution in [0, 0.1) is 0 Å². The molecule has 2 nitrogen and oxygen atoms in total. The van der Waals surface area contributed by atoms with Crippen LogP contribution in [0.25, 0.3) is 12.2 Å². The number of hydrogen-bond donors (Lipinski definition) is 0. The van der Waals surface area contributed by atoms with Crippen LogP contribution in [-0.2, 0) is 4.79 Å². The normalized spacial score (nSPS) is 18.2. The number of hydrogen-bond acceptors (Lipinski definition) is 2. The van der Waals surface area contributed by atoms with Gasteiger partial charge in [0.05, 0.1) is 7.11 Å². The Balaban J connectivity index is 1.83. The van der Waals surface area contributed by atoms with Gasteiger partial charge in [0, 0.05) is 16.2 Å². The molecule has 1 fully saturated rings. The van der Waals surface area contributed by atoms with Gasteiger partial charge in [0.25, 0.3) is 0 Å². The van der Waals surface area contributed by atoms with E-state index in [0.29, 0.717) is 5.02 Å². The lowest BCUT2D eigenvalue weighted by atomic mass is 9.87. The van der Waals surface area contributed by atoms with Gasteiger partial charge in [-0.25, -0.2) is 0 Å². The third-order valence-corrected chi connectivity index (χ3v) is 4.40. The largest absolute Gasteiger partial charge is 0.497 e. The maximum atomic E-state index is 12.7. The number of benzene rings is 2. The summed E-state index contributed by atoms with van der Waals surface area (Å²) >= 11 is 5.91. The van der Waals surface area contributed by atoms with E-state index in [9.17, 15) is 4.79 Å². The minimum atomic E-state index is 0.145. The van der Waals surface area contributed by atoms with E-state index in [-0.39, 0.29) is 5.78 Å². The Bertz CT molecular complexity index is 784. The van der Waals surface area contributed by atoms with Crippen LogP contribution in [0.5, 0.6) is 5.75 Å². The molecule has 1 saturated carbocycles. The van der Waals surface area contributed by atoms with E-state index in [1.807, 2.05) is 60.7 Å². The molecule has 0 amide bonds. The first-order chi connectivity index (χ1) is 11.7. The molecule has 0 aromatic heterocycles. The standard InChI is InChI=1S/C21H19ClO2/c1-24-20-11-7-16(8-12-20)14-18-4-2-3-17(21(18)23)13-15-5-9-19(22)10-6-15/h5-14H,2-4H2,1H3/b17-13+,18-14+. The fraction of sp³-hybridized carbons (Fsp3) is 0.190. The van der Waals surface area contributed by atoms with E-state index in [1.165, 1.54) is 0 Å². The van der Waals surface area contributed by atoms with Crippen LogP contribution >= 0.6 is 11.6 Å². The first kappa shape index (κ1) is 16.5. The molecule has 0 atom stereocenters. The number of ketones is 1. The van der Waals surface area contributed by atoms with Crippen molar-refractivity contribution in [2.24, 2.45) is 0 Å². The molecule has 122 valence electrons. The monoisotopic (exact) mass is 338 g/mol. The molecule has 3 rings (SSSR count). The van der Waals surface area contributed by atoms with Crippen LogP contribution in [0.15, 0.2) is 59.7 Å². The molecule has 0 unspecified atom stereocenters. The van der Waals surface area contributed by atoms with Crippen molar-refractivity contribution in [2.75, 3.05) is 7.11 Å². The smallest absolute Gasteiger partial charge is 0.185 e. The summed E-state index contributed by atoms with van der Waals surface area (Å²) in [5.41, 5.74) is 3.76. The van der Waals surface area contributed by atoms with Gasteiger partial charge in [-0.1, -0.05) is 35.9 Å². The fourth-order valence-corrected chi connectivity index (χ4v) is 2.97. The Morgan fingerprint density at radius 2 is 1.38 bits per heavy atom. The van der Waals surface area contributed by atoms with Crippen molar-refractivity contribution in [3.05, 3.63) is 75.8 Å². The van der Waals surface area contributed by atoms with E-state index >= 15 is 0 Å². The maximum absolute atomic E-state index is 12.7. The summed E-state index contributed by atoms with van der Waals surface area (Å²) in [5.74, 6) is 0.961. The molecular formula is C21H19ClO2. The predicted molar refractivity (Wildman–Crippen MR) is 99.3 cm³/mol. The van der Waals surface area contributed by atoms with Gasteiger partial charge in [0.15, 0.2) is 5.78 Å². The summed E-state index contributed by atoms with van der Waals surface area (Å²) in [6, 6.07) is 15.3. The van der Waals surface area contributed by atoms with E-state index in [0.717, 1.165) is 47.3 Å². The van der Waals surface area contributed by atoms with Gasteiger partial charge >= 0.3 is 0 Å². The van der Waals surface area contributed by atoms with E-state index < -0.39 is 0 Å². The summed E-state index contributed by atoms with van der Waals surface area (Å²) < 4.78 is 5.17. The summed E-state index contributed by atoms with van der Waals surface area (Å²) in [7, 11) is 1.64. The second-order valence-corrected chi connectivity index (χ2v) is 6.28. The number of carbonyl (C=O) groups is 1. The number of carbonyl (C=O) groups excluding carboxylic acids is 1. The van der Waals surface area contributed by atoms with Gasteiger partial charge < -0.3 is 4.74 Å². The number of rotatable bonds is 3. The number of allylic oxidation sites excluding steroid dienone is 2. The van der Waals surface area contributed by atoms with Gasteiger partial charge in [-0.3, -0.25) is 4.79 Å². The molecule has 0 aliphatic heterocycles. The number of methoxy groups -OCH3 is 1. The van der Waals surface area contributed by atoms with Crippen LogP contribution < -0.4 is 4.74 Å². The summed E-state index contributed by atoms with van der Waals surface area (Å²) in [6.45, 7) is 0. The average Bonchev–Trinajstić information content (AvgIpc) is 2.61. The second-order valence-electron chi connectivity index (χ2n) is 5.85. The zero-order valence-corrected chi connectivity index (χ0v) is 14.3. The van der Waals surface area contributed by atoms with Gasteiger partial charge in [0.2, 0.25) is 0 Å². The highest BCUT2D eigenvalue weighted by atomic mass is 35.5. The Hall–Kier alpha value is -2.32. The zero-order valence-electron chi connectivity index (χ0n) is 13.6. The highest BCUT2D eigenvalue weighted by Gasteiger charge is 2.20. The molecule has 1 aliphatic carbocycles. The molecule has 3 heteroatoms. The molecular weight excluding hydrogens is 320 g/mol. The fourth-order valence-electron chi connectivity index (χ4n) is 2.84. The van der Waals surface area contributed by atoms with Crippen LogP contribution in [0.4, 0.5) is 0 Å². The molecule has 2 aromatic carbocycles. The number of Topliss-reactive ketones (excluding diaryl/α,β-unsaturated/α-hetero) is 1. The number of halogens is 1. The lowest BCUT2D eigenvalue weighted by Crippen LogP contribution is -2.12. The summed E-state index contributed by atoms with van der Waals surface area (Å²) in [6.07, 6.45) is 6.59. The maximum Gasteiger partial charge on any atom is 0.185 e. The molecule has 0 saturated heterocycles. The molecule has 0 bridgehead atoms. The third kappa shape index (κ3) is 3.95. The molecule has 1 aliphatic rings. The van der Waals surface area contributed by atoms with Crippen molar-refractivity contribution in [3.63, 3.8) is 0 Å². The van der Waals surface area contributed by atoms with E-state index in [2.05, 4.69) is 0 Å². The van der Waals surface area contributed by atoms with Crippen LogP contribution in [0.3, 0.4) is 0 Å². The van der Waals surface area contributed by atoms with Crippen molar-refractivity contribution < 1.29 is 9.53 Å². The first-order valence-corrected chi connectivity index (χ1v) is 8.39. The third-order valence-electron chi connectivity index (χ3n) is 4.14. The first-order valence-electron chi connectivity index (χ1n) is 8.01. The van der Waals surface area contributed by atoms with Gasteiger partial charge in [-0.15, -0.1) is 0 Å². The highest BCUT2D eigenvalue weighted by Crippen LogP contribution is 2.28. The predicted octanol–water partition coefficient (Wildman–Crippen LogP) is 5.57. The van der Waals surface area contributed by atoms with Crippen LogP contribution in [-0.4, -0.2) is 12.9 Å². The Morgan fingerprint density at radius 3 is 1.88 bits per heavy atom.